The first-order valence-corrected chi connectivity index (χ1v) is 12.0. The number of alkyl halides is 2. The third-order valence-electron chi connectivity index (χ3n) is 7.44. The van der Waals surface area contributed by atoms with Crippen LogP contribution in [0.15, 0.2) is 24.7 Å². The number of amides is 1. The van der Waals surface area contributed by atoms with Crippen LogP contribution in [-0.2, 0) is 4.74 Å². The zero-order valence-electron chi connectivity index (χ0n) is 19.1. The molecule has 3 aromatic heterocycles. The standard InChI is InChI=1S/C23H27F2N7O3/c24-20(25)19-17(10-32(28-19)14-4-2-13(11-33)3-5-14)27-23(34)18-21-26-6-1-7-31(21)29-22(18)30-9-16-8-15(30)12-35-16/h1,6-7,10,13-16,20,33H,2-5,8-9,11-12H2,(H,27,34)/t13?,14?,15-,16-/m0/s1. The summed E-state index contributed by atoms with van der Waals surface area (Å²) in [4.78, 5) is 19.9. The summed E-state index contributed by atoms with van der Waals surface area (Å²) in [6.07, 6.45) is 6.00. The van der Waals surface area contributed by atoms with Crippen LogP contribution in [0, 0.1) is 5.92 Å². The van der Waals surface area contributed by atoms with E-state index >= 15 is 0 Å². The van der Waals surface area contributed by atoms with Crippen molar-refractivity contribution in [3.8, 4) is 0 Å². The lowest BCUT2D eigenvalue weighted by atomic mass is 9.87. The first-order chi connectivity index (χ1) is 17.0. The second-order valence-corrected chi connectivity index (χ2v) is 9.60. The van der Waals surface area contributed by atoms with Crippen LogP contribution in [0.25, 0.3) is 5.65 Å². The topological polar surface area (TPSA) is 110 Å². The summed E-state index contributed by atoms with van der Waals surface area (Å²) in [5.41, 5.74) is 0.135. The lowest BCUT2D eigenvalue weighted by Gasteiger charge is -2.27. The van der Waals surface area contributed by atoms with Gasteiger partial charge in [0.2, 0.25) is 0 Å². The molecule has 3 fully saturated rings. The van der Waals surface area contributed by atoms with Gasteiger partial charge in [0.05, 0.1) is 30.5 Å². The van der Waals surface area contributed by atoms with Gasteiger partial charge in [-0.15, -0.1) is 5.10 Å². The molecule has 1 amide bonds. The van der Waals surface area contributed by atoms with Gasteiger partial charge in [-0.3, -0.25) is 9.48 Å². The van der Waals surface area contributed by atoms with Gasteiger partial charge in [-0.2, -0.15) is 5.10 Å². The van der Waals surface area contributed by atoms with E-state index in [2.05, 4.69) is 25.4 Å². The van der Waals surface area contributed by atoms with Gasteiger partial charge in [0, 0.05) is 31.7 Å². The molecule has 2 saturated heterocycles. The molecule has 3 aliphatic rings. The zero-order chi connectivity index (χ0) is 24.1. The second-order valence-electron chi connectivity index (χ2n) is 9.60. The summed E-state index contributed by atoms with van der Waals surface area (Å²) >= 11 is 0. The molecule has 0 unspecified atom stereocenters. The Kier molecular flexibility index (Phi) is 5.64. The highest BCUT2D eigenvalue weighted by atomic mass is 19.3. The summed E-state index contributed by atoms with van der Waals surface area (Å²) in [6, 6.07) is 1.79. The summed E-state index contributed by atoms with van der Waals surface area (Å²) < 4.78 is 36.5. The molecule has 6 rings (SSSR count). The average Bonchev–Trinajstić information content (AvgIpc) is 3.66. The van der Waals surface area contributed by atoms with Crippen molar-refractivity contribution in [1.29, 1.82) is 0 Å². The Labute approximate surface area is 199 Å². The Morgan fingerprint density at radius 1 is 1.23 bits per heavy atom. The molecule has 0 aromatic carbocycles. The average molecular weight is 488 g/mol. The Morgan fingerprint density at radius 3 is 2.74 bits per heavy atom. The van der Waals surface area contributed by atoms with Gasteiger partial charge in [-0.1, -0.05) is 0 Å². The Morgan fingerprint density at radius 2 is 2.06 bits per heavy atom. The van der Waals surface area contributed by atoms with Crippen molar-refractivity contribution in [1.82, 2.24) is 24.4 Å². The van der Waals surface area contributed by atoms with Gasteiger partial charge in [-0.25, -0.2) is 18.3 Å². The molecule has 2 atom stereocenters. The number of fused-ring (bicyclic) bond motifs is 3. The normalized spacial score (nSPS) is 26.2. The van der Waals surface area contributed by atoms with Crippen LogP contribution < -0.4 is 10.2 Å². The molecule has 10 nitrogen and oxygen atoms in total. The van der Waals surface area contributed by atoms with Gasteiger partial charge in [-0.05, 0) is 44.1 Å². The second kappa shape index (κ2) is 8.83. The number of aromatic nitrogens is 5. The number of aliphatic hydroxyl groups excluding tert-OH is 1. The first kappa shape index (κ1) is 22.4. The van der Waals surface area contributed by atoms with Gasteiger partial charge in [0.1, 0.15) is 5.56 Å². The van der Waals surface area contributed by atoms with Gasteiger partial charge >= 0.3 is 0 Å². The van der Waals surface area contributed by atoms with Crippen molar-refractivity contribution in [2.45, 2.75) is 56.7 Å². The van der Waals surface area contributed by atoms with Crippen molar-refractivity contribution in [3.63, 3.8) is 0 Å². The number of carbonyl (C=O) groups excluding carboxylic acids is 1. The smallest absolute Gasteiger partial charge is 0.284 e. The first-order valence-electron chi connectivity index (χ1n) is 12.0. The minimum absolute atomic E-state index is 0.0122. The van der Waals surface area contributed by atoms with E-state index in [1.807, 2.05) is 0 Å². The highest BCUT2D eigenvalue weighted by Crippen LogP contribution is 2.37. The van der Waals surface area contributed by atoms with E-state index < -0.39 is 18.0 Å². The molecule has 5 heterocycles. The lowest BCUT2D eigenvalue weighted by Crippen LogP contribution is -2.38. The fraction of sp³-hybridized carbons (Fsp3) is 0.565. The molecule has 2 N–H and O–H groups in total. The van der Waals surface area contributed by atoms with E-state index in [9.17, 15) is 18.7 Å². The predicted octanol–water partition coefficient (Wildman–Crippen LogP) is 2.82. The van der Waals surface area contributed by atoms with Crippen molar-refractivity contribution in [2.24, 2.45) is 5.92 Å². The number of anilines is 2. The van der Waals surface area contributed by atoms with E-state index in [-0.39, 0.29) is 42.0 Å². The number of hydrogen-bond donors (Lipinski definition) is 2. The highest BCUT2D eigenvalue weighted by Gasteiger charge is 2.42. The van der Waals surface area contributed by atoms with E-state index in [1.54, 1.807) is 18.5 Å². The van der Waals surface area contributed by atoms with Gasteiger partial charge in [0.15, 0.2) is 17.2 Å². The van der Waals surface area contributed by atoms with E-state index in [1.165, 1.54) is 15.4 Å². The quantitative estimate of drug-likeness (QED) is 0.550. The maximum atomic E-state index is 13.9. The number of ether oxygens (including phenoxy) is 1. The van der Waals surface area contributed by atoms with Crippen LogP contribution in [0.3, 0.4) is 0 Å². The molecule has 1 aliphatic carbocycles. The molecule has 12 heteroatoms. The van der Waals surface area contributed by atoms with Crippen molar-refractivity contribution in [3.05, 3.63) is 35.9 Å². The van der Waals surface area contributed by atoms with Crippen molar-refractivity contribution >= 4 is 23.1 Å². The number of nitrogens with zero attached hydrogens (tertiary/aromatic N) is 6. The van der Waals surface area contributed by atoms with Gasteiger partial charge < -0.3 is 20.1 Å². The van der Waals surface area contributed by atoms with Gasteiger partial charge in [0.25, 0.3) is 12.3 Å². The molecular weight excluding hydrogens is 460 g/mol. The summed E-state index contributed by atoms with van der Waals surface area (Å²) in [5, 5.41) is 20.8. The minimum Gasteiger partial charge on any atom is -0.396 e. The van der Waals surface area contributed by atoms with Crippen LogP contribution >= 0.6 is 0 Å². The number of halogens is 2. The van der Waals surface area contributed by atoms with Crippen molar-refractivity contribution in [2.75, 3.05) is 30.0 Å². The molecular formula is C23H27F2N7O3. The third kappa shape index (κ3) is 3.94. The van der Waals surface area contributed by atoms with Crippen molar-refractivity contribution < 1.29 is 23.4 Å². The molecule has 0 radical (unpaired) electrons. The Bertz CT molecular complexity index is 1240. The van der Waals surface area contributed by atoms with E-state index in [4.69, 9.17) is 4.74 Å². The summed E-state index contributed by atoms with van der Waals surface area (Å²) in [5.74, 6) is 0.163. The van der Waals surface area contributed by atoms with Crippen LogP contribution in [0.1, 0.15) is 60.6 Å². The Hall–Kier alpha value is -3.12. The zero-order valence-corrected chi connectivity index (χ0v) is 19.1. The fourth-order valence-electron chi connectivity index (χ4n) is 5.57. The molecule has 186 valence electrons. The van der Waals surface area contributed by atoms with Crippen LogP contribution in [0.2, 0.25) is 0 Å². The number of aliphatic hydroxyl groups is 1. The lowest BCUT2D eigenvalue weighted by molar-refractivity contribution is 0.0979. The molecule has 1 saturated carbocycles. The van der Waals surface area contributed by atoms with Crippen LogP contribution in [-0.4, -0.2) is 67.3 Å². The fourth-order valence-corrected chi connectivity index (χ4v) is 5.57. The number of morpholine rings is 1. The maximum absolute atomic E-state index is 13.9. The highest BCUT2D eigenvalue weighted by molar-refractivity contribution is 6.12. The SMILES string of the molecule is O=C(Nc1cn(C2CCC(CO)CC2)nc1C(F)F)c1c(N2C[C@@H]3C[C@H]2CO3)nn2cccnc12. The molecule has 2 aliphatic heterocycles. The number of nitrogens with one attached hydrogen (secondary N) is 1. The summed E-state index contributed by atoms with van der Waals surface area (Å²) in [6.45, 7) is 1.32. The monoisotopic (exact) mass is 487 g/mol. The van der Waals surface area contributed by atoms with Crippen LogP contribution in [0.5, 0.6) is 0 Å². The third-order valence-corrected chi connectivity index (χ3v) is 7.44. The Balaban J connectivity index is 1.31. The minimum atomic E-state index is -2.84. The molecule has 35 heavy (non-hydrogen) atoms. The molecule has 3 aromatic rings. The maximum Gasteiger partial charge on any atom is 0.284 e. The van der Waals surface area contributed by atoms with Crippen LogP contribution in [0.4, 0.5) is 20.3 Å². The predicted molar refractivity (Wildman–Crippen MR) is 122 cm³/mol. The number of hydrogen-bond acceptors (Lipinski definition) is 7. The molecule has 2 bridgehead atoms. The largest absolute Gasteiger partial charge is 0.396 e. The number of carbonyl (C=O) groups is 1. The van der Waals surface area contributed by atoms with E-state index in [0.29, 0.717) is 24.6 Å². The summed E-state index contributed by atoms with van der Waals surface area (Å²) in [7, 11) is 0. The number of rotatable bonds is 6. The van der Waals surface area contributed by atoms with E-state index in [0.717, 1.165) is 32.1 Å². The molecule has 0 spiro atoms.